The molecular formula is C15H23F2N3O3. The van der Waals surface area contributed by atoms with Crippen LogP contribution in [-0.4, -0.2) is 33.3 Å². The van der Waals surface area contributed by atoms with E-state index in [1.165, 1.54) is 6.92 Å². The summed E-state index contributed by atoms with van der Waals surface area (Å²) < 4.78 is 26.1. The van der Waals surface area contributed by atoms with E-state index in [1.54, 1.807) is 6.92 Å². The number of rotatable bonds is 10. The van der Waals surface area contributed by atoms with Crippen LogP contribution in [0.5, 0.6) is 0 Å². The summed E-state index contributed by atoms with van der Waals surface area (Å²) in [5, 5.41) is 15.0. The minimum absolute atomic E-state index is 0.0312. The smallest absolute Gasteiger partial charge is 0.333 e. The molecule has 0 aromatic carbocycles. The maximum atomic E-state index is 12.7. The van der Waals surface area contributed by atoms with Gasteiger partial charge >= 0.3 is 12.5 Å². The zero-order valence-electron chi connectivity index (χ0n) is 13.4. The zero-order valence-corrected chi connectivity index (χ0v) is 13.4. The van der Waals surface area contributed by atoms with Gasteiger partial charge in [0.1, 0.15) is 0 Å². The van der Waals surface area contributed by atoms with E-state index in [1.807, 2.05) is 0 Å². The van der Waals surface area contributed by atoms with Crippen LogP contribution >= 0.6 is 0 Å². The van der Waals surface area contributed by atoms with E-state index in [0.29, 0.717) is 34.6 Å². The molecule has 1 aromatic heterocycles. The van der Waals surface area contributed by atoms with Gasteiger partial charge in [0.25, 0.3) is 0 Å². The standard InChI is InChI=1S/C15H23F2N3O3/c1-10-12(11(2)20(19-10)15(16)17)9-13(21)18-8-6-4-3-5-7-14(22)23/h15H,3-9H2,1-2H3,(H,18,21)(H,22,23). The highest BCUT2D eigenvalue weighted by atomic mass is 19.3. The van der Waals surface area contributed by atoms with Crippen molar-refractivity contribution in [3.8, 4) is 0 Å². The van der Waals surface area contributed by atoms with Crippen molar-refractivity contribution in [3.63, 3.8) is 0 Å². The number of unbranched alkanes of at least 4 members (excludes halogenated alkanes) is 3. The highest BCUT2D eigenvalue weighted by Gasteiger charge is 2.18. The van der Waals surface area contributed by atoms with Crippen LogP contribution in [0.4, 0.5) is 8.78 Å². The Morgan fingerprint density at radius 3 is 2.43 bits per heavy atom. The monoisotopic (exact) mass is 331 g/mol. The number of carboxylic acids is 1. The normalized spacial score (nSPS) is 11.0. The molecule has 0 spiro atoms. The number of hydrogen-bond donors (Lipinski definition) is 2. The molecular weight excluding hydrogens is 308 g/mol. The number of carbonyl (C=O) groups excluding carboxylic acids is 1. The third-order valence-electron chi connectivity index (χ3n) is 3.64. The second-order valence-corrected chi connectivity index (χ2v) is 5.46. The second-order valence-electron chi connectivity index (χ2n) is 5.46. The summed E-state index contributed by atoms with van der Waals surface area (Å²) in [5.74, 6) is -1.02. The van der Waals surface area contributed by atoms with Gasteiger partial charge in [-0.15, -0.1) is 0 Å². The van der Waals surface area contributed by atoms with Gasteiger partial charge in [-0.2, -0.15) is 13.9 Å². The first kappa shape index (κ1) is 19.1. The fraction of sp³-hybridized carbons (Fsp3) is 0.667. The van der Waals surface area contributed by atoms with E-state index in [9.17, 15) is 18.4 Å². The molecule has 1 aromatic rings. The van der Waals surface area contributed by atoms with Crippen LogP contribution in [0.3, 0.4) is 0 Å². The molecule has 130 valence electrons. The van der Waals surface area contributed by atoms with Crippen molar-refractivity contribution >= 4 is 11.9 Å². The molecule has 1 amide bonds. The topological polar surface area (TPSA) is 84.2 Å². The van der Waals surface area contributed by atoms with Crippen molar-refractivity contribution in [2.45, 2.75) is 58.9 Å². The number of nitrogens with zero attached hydrogens (tertiary/aromatic N) is 2. The molecule has 0 unspecified atom stereocenters. The zero-order chi connectivity index (χ0) is 17.4. The Labute approximate surface area is 133 Å². The third-order valence-corrected chi connectivity index (χ3v) is 3.64. The van der Waals surface area contributed by atoms with E-state index >= 15 is 0 Å². The number of nitrogens with one attached hydrogen (secondary N) is 1. The highest BCUT2D eigenvalue weighted by molar-refractivity contribution is 5.79. The lowest BCUT2D eigenvalue weighted by atomic mass is 10.1. The molecule has 0 saturated carbocycles. The first-order valence-corrected chi connectivity index (χ1v) is 7.64. The molecule has 0 bridgehead atoms. The molecule has 1 heterocycles. The molecule has 8 heteroatoms. The van der Waals surface area contributed by atoms with Crippen molar-refractivity contribution in [2.24, 2.45) is 0 Å². The van der Waals surface area contributed by atoms with Crippen molar-refractivity contribution in [3.05, 3.63) is 17.0 Å². The number of hydrogen-bond acceptors (Lipinski definition) is 3. The fourth-order valence-electron chi connectivity index (χ4n) is 2.35. The molecule has 0 atom stereocenters. The molecule has 1 rings (SSSR count). The predicted octanol–water partition coefficient (Wildman–Crippen LogP) is 2.59. The van der Waals surface area contributed by atoms with Gasteiger partial charge in [-0.25, -0.2) is 4.68 Å². The Kier molecular flexibility index (Phi) is 7.64. The average molecular weight is 331 g/mol. The number of amides is 1. The van der Waals surface area contributed by atoms with Crippen LogP contribution in [0.15, 0.2) is 0 Å². The first-order chi connectivity index (χ1) is 10.8. The SMILES string of the molecule is Cc1nn(C(F)F)c(C)c1CC(=O)NCCCCCCC(=O)O. The largest absolute Gasteiger partial charge is 0.481 e. The van der Waals surface area contributed by atoms with E-state index in [-0.39, 0.29) is 18.7 Å². The van der Waals surface area contributed by atoms with Crippen LogP contribution in [0.1, 0.15) is 55.6 Å². The number of aliphatic carboxylic acids is 1. The van der Waals surface area contributed by atoms with Gasteiger partial charge in [-0.1, -0.05) is 12.8 Å². The number of aromatic nitrogens is 2. The molecule has 2 N–H and O–H groups in total. The third kappa shape index (κ3) is 6.33. The van der Waals surface area contributed by atoms with E-state index in [2.05, 4.69) is 10.4 Å². The predicted molar refractivity (Wildman–Crippen MR) is 80.4 cm³/mol. The summed E-state index contributed by atoms with van der Waals surface area (Å²) in [6.07, 6.45) is 3.24. The number of halogens is 2. The van der Waals surface area contributed by atoms with Gasteiger partial charge in [0.2, 0.25) is 5.91 Å². The summed E-state index contributed by atoms with van der Waals surface area (Å²) in [4.78, 5) is 22.2. The molecule has 0 aliphatic heterocycles. The van der Waals surface area contributed by atoms with Gasteiger partial charge in [0.15, 0.2) is 0 Å². The van der Waals surface area contributed by atoms with Gasteiger partial charge in [0.05, 0.1) is 12.1 Å². The van der Waals surface area contributed by atoms with Crippen molar-refractivity contribution < 1.29 is 23.5 Å². The Bertz CT molecular complexity index is 544. The quantitative estimate of drug-likeness (QED) is 0.646. The summed E-state index contributed by atoms with van der Waals surface area (Å²) in [6, 6.07) is 0. The number of carbonyl (C=O) groups is 2. The van der Waals surface area contributed by atoms with E-state index in [4.69, 9.17) is 5.11 Å². The van der Waals surface area contributed by atoms with Crippen LogP contribution in [0.25, 0.3) is 0 Å². The first-order valence-electron chi connectivity index (χ1n) is 7.64. The van der Waals surface area contributed by atoms with Crippen molar-refractivity contribution in [1.29, 1.82) is 0 Å². The maximum absolute atomic E-state index is 12.7. The number of alkyl halides is 2. The number of carboxylic acid groups (broad SMARTS) is 1. The Balaban J connectivity index is 2.31. The fourth-order valence-corrected chi connectivity index (χ4v) is 2.35. The van der Waals surface area contributed by atoms with Gasteiger partial charge in [-0.05, 0) is 26.7 Å². The molecule has 0 aliphatic rings. The Morgan fingerprint density at radius 1 is 1.22 bits per heavy atom. The molecule has 0 fully saturated rings. The van der Waals surface area contributed by atoms with E-state index in [0.717, 1.165) is 19.3 Å². The minimum Gasteiger partial charge on any atom is -0.481 e. The summed E-state index contributed by atoms with van der Waals surface area (Å²) in [6.45, 7) is 0.914. The number of aryl methyl sites for hydroxylation is 1. The molecule has 6 nitrogen and oxygen atoms in total. The lowest BCUT2D eigenvalue weighted by Gasteiger charge is -2.06. The average Bonchev–Trinajstić information content (AvgIpc) is 2.74. The van der Waals surface area contributed by atoms with Crippen LogP contribution in [-0.2, 0) is 16.0 Å². The lowest BCUT2D eigenvalue weighted by molar-refractivity contribution is -0.137. The van der Waals surface area contributed by atoms with Crippen LogP contribution in [0, 0.1) is 13.8 Å². The van der Waals surface area contributed by atoms with Crippen molar-refractivity contribution in [1.82, 2.24) is 15.1 Å². The molecule has 0 aliphatic carbocycles. The highest BCUT2D eigenvalue weighted by Crippen LogP contribution is 2.19. The minimum atomic E-state index is -2.71. The summed E-state index contributed by atoms with van der Waals surface area (Å²) in [7, 11) is 0. The van der Waals surface area contributed by atoms with Crippen LogP contribution < -0.4 is 5.32 Å². The lowest BCUT2D eigenvalue weighted by Crippen LogP contribution is -2.26. The molecule has 0 saturated heterocycles. The van der Waals surface area contributed by atoms with Gasteiger partial charge in [0, 0.05) is 24.2 Å². The van der Waals surface area contributed by atoms with Crippen LogP contribution in [0.2, 0.25) is 0 Å². The maximum Gasteiger partial charge on any atom is 0.333 e. The molecule has 0 radical (unpaired) electrons. The second kappa shape index (κ2) is 9.22. The Hall–Kier alpha value is -1.99. The van der Waals surface area contributed by atoms with Crippen molar-refractivity contribution in [2.75, 3.05) is 6.54 Å². The van der Waals surface area contributed by atoms with E-state index < -0.39 is 12.5 Å². The van der Waals surface area contributed by atoms with Gasteiger partial charge < -0.3 is 10.4 Å². The molecule has 23 heavy (non-hydrogen) atoms. The summed E-state index contributed by atoms with van der Waals surface area (Å²) in [5.41, 5.74) is 1.28. The Morgan fingerprint density at radius 2 is 1.87 bits per heavy atom. The van der Waals surface area contributed by atoms with Gasteiger partial charge in [-0.3, -0.25) is 9.59 Å². The summed E-state index contributed by atoms with van der Waals surface area (Å²) >= 11 is 0.